The van der Waals surface area contributed by atoms with Gasteiger partial charge in [-0.3, -0.25) is 0 Å². The van der Waals surface area contributed by atoms with Gasteiger partial charge in [-0.05, 0) is 42.5 Å². The first-order valence-corrected chi connectivity index (χ1v) is 8.19. The van der Waals surface area contributed by atoms with E-state index in [1.54, 1.807) is 49.6 Å². The minimum Gasteiger partial charge on any atom is -0.496 e. The topological polar surface area (TPSA) is 144 Å². The van der Waals surface area contributed by atoms with Crippen LogP contribution in [0.25, 0.3) is 11.3 Å². The quantitative estimate of drug-likeness (QED) is 0.695. The molecule has 0 aliphatic carbocycles. The Hall–Kier alpha value is -4.30. The molecule has 3 aromatic rings. The molecule has 0 bridgehead atoms. The molecule has 0 amide bonds. The van der Waals surface area contributed by atoms with Gasteiger partial charge in [0.2, 0.25) is 5.95 Å². The zero-order chi connectivity index (χ0) is 20.1. The van der Waals surface area contributed by atoms with Crippen molar-refractivity contribution < 1.29 is 9.47 Å². The lowest BCUT2D eigenvalue weighted by atomic mass is 10.0. The third-order valence-corrected chi connectivity index (χ3v) is 4.00. The molecule has 8 heteroatoms. The molecular weight excluding hydrogens is 356 g/mol. The van der Waals surface area contributed by atoms with Crippen molar-refractivity contribution in [1.29, 1.82) is 10.5 Å². The molecule has 0 spiro atoms. The van der Waals surface area contributed by atoms with E-state index in [1.807, 2.05) is 6.07 Å². The van der Waals surface area contributed by atoms with Gasteiger partial charge in [0.25, 0.3) is 0 Å². The number of nitriles is 2. The van der Waals surface area contributed by atoms with Crippen molar-refractivity contribution >= 4 is 11.8 Å². The fourth-order valence-electron chi connectivity index (χ4n) is 2.64. The predicted octanol–water partition coefficient (Wildman–Crippen LogP) is 2.64. The van der Waals surface area contributed by atoms with Crippen LogP contribution < -0.4 is 20.9 Å². The van der Waals surface area contributed by atoms with Crippen LogP contribution in [-0.2, 0) is 6.61 Å². The lowest BCUT2D eigenvalue weighted by molar-refractivity contribution is 0.297. The van der Waals surface area contributed by atoms with E-state index < -0.39 is 0 Å². The van der Waals surface area contributed by atoms with E-state index in [-0.39, 0.29) is 23.9 Å². The number of hydrogen-bond acceptors (Lipinski definition) is 8. The number of rotatable bonds is 5. The molecule has 0 saturated heterocycles. The van der Waals surface area contributed by atoms with E-state index in [0.717, 1.165) is 5.56 Å². The highest BCUT2D eigenvalue weighted by Crippen LogP contribution is 2.30. The number of benzene rings is 2. The average Bonchev–Trinajstić information content (AvgIpc) is 2.72. The molecule has 0 saturated carbocycles. The third kappa shape index (κ3) is 3.76. The first kappa shape index (κ1) is 18.5. The second kappa shape index (κ2) is 7.94. The van der Waals surface area contributed by atoms with E-state index >= 15 is 0 Å². The summed E-state index contributed by atoms with van der Waals surface area (Å²) in [7, 11) is 1.56. The smallest absolute Gasteiger partial charge is 0.222 e. The van der Waals surface area contributed by atoms with E-state index in [0.29, 0.717) is 28.3 Å². The average molecular weight is 372 g/mol. The molecule has 0 atom stereocenters. The van der Waals surface area contributed by atoms with Gasteiger partial charge in [0.05, 0.1) is 24.4 Å². The summed E-state index contributed by atoms with van der Waals surface area (Å²) in [6.07, 6.45) is 0. The predicted molar refractivity (Wildman–Crippen MR) is 103 cm³/mol. The molecule has 0 aliphatic heterocycles. The van der Waals surface area contributed by atoms with Gasteiger partial charge < -0.3 is 20.9 Å². The molecule has 2 aromatic carbocycles. The SMILES string of the molecule is COc1ccc(-c2nc(N)nc(N)c2C#N)cc1COc1ccc(C#N)cc1. The van der Waals surface area contributed by atoms with Crippen molar-refractivity contribution in [3.63, 3.8) is 0 Å². The normalized spacial score (nSPS) is 9.96. The molecule has 0 radical (unpaired) electrons. The standard InChI is InChI=1S/C20H16N6O2/c1-27-17-7-4-13(18-16(10-22)19(23)26-20(24)25-18)8-14(17)11-28-15-5-2-12(9-21)3-6-15/h2-8H,11H2,1H3,(H4,23,24,25,26). The monoisotopic (exact) mass is 372 g/mol. The van der Waals surface area contributed by atoms with Gasteiger partial charge in [0.15, 0.2) is 0 Å². The van der Waals surface area contributed by atoms with Crippen LogP contribution in [0.1, 0.15) is 16.7 Å². The van der Waals surface area contributed by atoms with Crippen molar-refractivity contribution in [3.05, 3.63) is 59.2 Å². The maximum absolute atomic E-state index is 9.39. The molecular formula is C20H16N6O2. The number of ether oxygens (including phenoxy) is 2. The highest BCUT2D eigenvalue weighted by molar-refractivity contribution is 5.74. The summed E-state index contributed by atoms with van der Waals surface area (Å²) in [6.45, 7) is 0.209. The fraction of sp³-hybridized carbons (Fsp3) is 0.100. The van der Waals surface area contributed by atoms with Crippen LogP contribution in [0.3, 0.4) is 0 Å². The van der Waals surface area contributed by atoms with Crippen LogP contribution in [0.15, 0.2) is 42.5 Å². The maximum atomic E-state index is 9.39. The van der Waals surface area contributed by atoms with Crippen molar-refractivity contribution in [2.75, 3.05) is 18.6 Å². The van der Waals surface area contributed by atoms with Crippen LogP contribution in [-0.4, -0.2) is 17.1 Å². The highest BCUT2D eigenvalue weighted by Gasteiger charge is 2.15. The Morgan fingerprint density at radius 1 is 1.00 bits per heavy atom. The lowest BCUT2D eigenvalue weighted by Crippen LogP contribution is -2.05. The minimum atomic E-state index is -0.0160. The summed E-state index contributed by atoms with van der Waals surface area (Å²) < 4.78 is 11.2. The fourth-order valence-corrected chi connectivity index (χ4v) is 2.64. The van der Waals surface area contributed by atoms with Gasteiger partial charge in [-0.15, -0.1) is 0 Å². The van der Waals surface area contributed by atoms with E-state index in [2.05, 4.69) is 16.0 Å². The van der Waals surface area contributed by atoms with Crippen LogP contribution in [0, 0.1) is 22.7 Å². The van der Waals surface area contributed by atoms with Crippen LogP contribution in [0.5, 0.6) is 11.5 Å². The van der Waals surface area contributed by atoms with Gasteiger partial charge in [0, 0.05) is 11.1 Å². The van der Waals surface area contributed by atoms with Gasteiger partial charge in [0.1, 0.15) is 35.6 Å². The summed E-state index contributed by atoms with van der Waals surface area (Å²) in [5.74, 6) is 1.24. The Labute approximate surface area is 161 Å². The number of aromatic nitrogens is 2. The Kier molecular flexibility index (Phi) is 5.24. The molecule has 28 heavy (non-hydrogen) atoms. The second-order valence-electron chi connectivity index (χ2n) is 5.75. The summed E-state index contributed by atoms with van der Waals surface area (Å²) >= 11 is 0. The molecule has 8 nitrogen and oxygen atoms in total. The van der Waals surface area contributed by atoms with Crippen LogP contribution >= 0.6 is 0 Å². The molecule has 0 unspecified atom stereocenters. The maximum Gasteiger partial charge on any atom is 0.222 e. The molecule has 138 valence electrons. The molecule has 1 aromatic heterocycles. The van der Waals surface area contributed by atoms with Crippen molar-refractivity contribution in [1.82, 2.24) is 9.97 Å². The molecule has 1 heterocycles. The number of nitrogens with zero attached hydrogens (tertiary/aromatic N) is 4. The summed E-state index contributed by atoms with van der Waals surface area (Å²) in [5, 5.41) is 18.3. The number of nitrogens with two attached hydrogens (primary N) is 2. The van der Waals surface area contributed by atoms with Gasteiger partial charge >= 0.3 is 0 Å². The van der Waals surface area contributed by atoms with E-state index in [4.69, 9.17) is 26.2 Å². The van der Waals surface area contributed by atoms with Crippen molar-refractivity contribution in [2.45, 2.75) is 6.61 Å². The Morgan fingerprint density at radius 2 is 1.75 bits per heavy atom. The lowest BCUT2D eigenvalue weighted by Gasteiger charge is -2.13. The number of hydrogen-bond donors (Lipinski definition) is 2. The van der Waals surface area contributed by atoms with Crippen LogP contribution in [0.2, 0.25) is 0 Å². The largest absolute Gasteiger partial charge is 0.496 e. The van der Waals surface area contributed by atoms with Crippen molar-refractivity contribution in [3.8, 4) is 34.9 Å². The number of anilines is 2. The zero-order valence-corrected chi connectivity index (χ0v) is 15.0. The van der Waals surface area contributed by atoms with Gasteiger partial charge in [-0.1, -0.05) is 0 Å². The first-order chi connectivity index (χ1) is 13.5. The Morgan fingerprint density at radius 3 is 2.39 bits per heavy atom. The highest BCUT2D eigenvalue weighted by atomic mass is 16.5. The molecule has 3 rings (SSSR count). The van der Waals surface area contributed by atoms with Crippen molar-refractivity contribution in [2.24, 2.45) is 0 Å². The molecule has 0 aliphatic rings. The number of methoxy groups -OCH3 is 1. The summed E-state index contributed by atoms with van der Waals surface area (Å²) in [4.78, 5) is 7.99. The zero-order valence-electron chi connectivity index (χ0n) is 15.0. The second-order valence-corrected chi connectivity index (χ2v) is 5.75. The van der Waals surface area contributed by atoms with Crippen LogP contribution in [0.4, 0.5) is 11.8 Å². The number of nitrogen functional groups attached to an aromatic ring is 2. The first-order valence-electron chi connectivity index (χ1n) is 8.19. The van der Waals surface area contributed by atoms with E-state index in [1.165, 1.54) is 0 Å². The Balaban J connectivity index is 1.95. The Bertz CT molecular complexity index is 1100. The van der Waals surface area contributed by atoms with E-state index in [9.17, 15) is 5.26 Å². The third-order valence-electron chi connectivity index (χ3n) is 4.00. The minimum absolute atomic E-state index is 0.0160. The van der Waals surface area contributed by atoms with Gasteiger partial charge in [-0.2, -0.15) is 15.5 Å². The summed E-state index contributed by atoms with van der Waals surface area (Å²) in [6, 6.07) is 16.2. The summed E-state index contributed by atoms with van der Waals surface area (Å²) in [5.41, 5.74) is 13.9. The molecule has 4 N–H and O–H groups in total. The van der Waals surface area contributed by atoms with Gasteiger partial charge in [-0.25, -0.2) is 4.98 Å². The molecule has 0 fully saturated rings.